The van der Waals surface area contributed by atoms with Gasteiger partial charge in [0, 0.05) is 38.1 Å². The van der Waals surface area contributed by atoms with Crippen LogP contribution in [0.3, 0.4) is 0 Å². The molecule has 0 bridgehead atoms. The van der Waals surface area contributed by atoms with Crippen molar-refractivity contribution in [3.8, 4) is 22.6 Å². The van der Waals surface area contributed by atoms with E-state index in [0.29, 0.717) is 35.9 Å². The zero-order valence-electron chi connectivity index (χ0n) is 15.4. The highest BCUT2D eigenvalue weighted by Crippen LogP contribution is 2.28. The van der Waals surface area contributed by atoms with Crippen LogP contribution in [0.2, 0.25) is 0 Å². The van der Waals surface area contributed by atoms with Crippen LogP contribution in [-0.2, 0) is 11.8 Å². The van der Waals surface area contributed by atoms with Crippen LogP contribution in [0.1, 0.15) is 23.2 Å². The molecule has 1 saturated heterocycles. The first-order valence-corrected chi connectivity index (χ1v) is 9.12. The molecule has 2 aromatic heterocycles. The molecule has 0 atom stereocenters. The molecular weight excluding hydrogens is 361 g/mol. The number of amides is 1. The Balaban J connectivity index is 1.56. The third kappa shape index (κ3) is 3.77. The fraction of sp³-hybridized carbons (Fsp3) is 0.300. The summed E-state index contributed by atoms with van der Waals surface area (Å²) in [7, 11) is 1.77. The van der Waals surface area contributed by atoms with Gasteiger partial charge in [0.2, 0.25) is 0 Å². The van der Waals surface area contributed by atoms with Gasteiger partial charge in [-0.25, -0.2) is 9.07 Å². The van der Waals surface area contributed by atoms with Gasteiger partial charge in [0.1, 0.15) is 17.2 Å². The van der Waals surface area contributed by atoms with E-state index < -0.39 is 0 Å². The highest BCUT2D eigenvalue weighted by atomic mass is 19.1. The van der Waals surface area contributed by atoms with Crippen LogP contribution < -0.4 is 5.32 Å². The first-order chi connectivity index (χ1) is 13.6. The molecule has 1 aromatic carbocycles. The lowest BCUT2D eigenvalue weighted by Gasteiger charge is -2.23. The van der Waals surface area contributed by atoms with E-state index in [1.807, 2.05) is 0 Å². The number of aryl methyl sites for hydroxylation is 1. The molecule has 1 amide bonds. The smallest absolute Gasteiger partial charge is 0.253 e. The van der Waals surface area contributed by atoms with Crippen molar-refractivity contribution < 1.29 is 13.9 Å². The van der Waals surface area contributed by atoms with E-state index >= 15 is 0 Å². The van der Waals surface area contributed by atoms with Crippen molar-refractivity contribution in [2.75, 3.05) is 13.2 Å². The van der Waals surface area contributed by atoms with Gasteiger partial charge in [-0.2, -0.15) is 0 Å². The quantitative estimate of drug-likeness (QED) is 0.751. The van der Waals surface area contributed by atoms with Gasteiger partial charge in [-0.15, -0.1) is 5.10 Å². The monoisotopic (exact) mass is 381 g/mol. The maximum Gasteiger partial charge on any atom is 0.253 e. The number of hydrogen-bond donors (Lipinski definition) is 1. The van der Waals surface area contributed by atoms with Crippen molar-refractivity contribution in [2.24, 2.45) is 7.05 Å². The van der Waals surface area contributed by atoms with Gasteiger partial charge in [0.15, 0.2) is 0 Å². The van der Waals surface area contributed by atoms with Crippen LogP contribution in [0, 0.1) is 5.82 Å². The Bertz CT molecular complexity index is 963. The number of nitrogens with one attached hydrogen (secondary N) is 1. The molecule has 1 fully saturated rings. The van der Waals surface area contributed by atoms with Gasteiger partial charge >= 0.3 is 0 Å². The van der Waals surface area contributed by atoms with Gasteiger partial charge in [0.25, 0.3) is 5.91 Å². The van der Waals surface area contributed by atoms with Crippen LogP contribution in [0.15, 0.2) is 42.6 Å². The van der Waals surface area contributed by atoms with Crippen LogP contribution in [0.25, 0.3) is 22.6 Å². The van der Waals surface area contributed by atoms with Crippen LogP contribution >= 0.6 is 0 Å². The Hall–Kier alpha value is -3.13. The molecule has 3 heterocycles. The zero-order valence-corrected chi connectivity index (χ0v) is 15.4. The molecule has 3 aromatic rings. The topological polar surface area (TPSA) is 81.9 Å². The number of aromatic nitrogens is 4. The number of benzene rings is 1. The summed E-state index contributed by atoms with van der Waals surface area (Å²) in [6.45, 7) is 1.34. The summed E-state index contributed by atoms with van der Waals surface area (Å²) < 4.78 is 20.1. The molecule has 1 N–H and O–H groups in total. The van der Waals surface area contributed by atoms with Crippen LogP contribution in [-0.4, -0.2) is 45.1 Å². The summed E-state index contributed by atoms with van der Waals surface area (Å²) in [6.07, 6.45) is 3.18. The maximum atomic E-state index is 13.2. The van der Waals surface area contributed by atoms with E-state index in [1.165, 1.54) is 12.1 Å². The van der Waals surface area contributed by atoms with Crippen molar-refractivity contribution >= 4 is 5.91 Å². The van der Waals surface area contributed by atoms with E-state index in [2.05, 4.69) is 20.6 Å². The van der Waals surface area contributed by atoms with Crippen molar-refractivity contribution in [3.63, 3.8) is 0 Å². The Labute approximate surface area is 161 Å². The molecule has 0 unspecified atom stereocenters. The first kappa shape index (κ1) is 18.2. The summed E-state index contributed by atoms with van der Waals surface area (Å²) in [6, 6.07) is 9.70. The van der Waals surface area contributed by atoms with Crippen molar-refractivity contribution in [3.05, 3.63) is 54.0 Å². The minimum Gasteiger partial charge on any atom is -0.381 e. The van der Waals surface area contributed by atoms with Crippen molar-refractivity contribution in [1.82, 2.24) is 25.3 Å². The molecule has 0 saturated carbocycles. The van der Waals surface area contributed by atoms with Crippen molar-refractivity contribution in [2.45, 2.75) is 18.9 Å². The summed E-state index contributed by atoms with van der Waals surface area (Å²) >= 11 is 0. The second-order valence-electron chi connectivity index (χ2n) is 6.71. The second kappa shape index (κ2) is 7.85. The van der Waals surface area contributed by atoms with E-state index in [0.717, 1.165) is 18.4 Å². The first-order valence-electron chi connectivity index (χ1n) is 9.12. The van der Waals surface area contributed by atoms with E-state index in [4.69, 9.17) is 4.74 Å². The molecule has 0 radical (unpaired) electrons. The molecular formula is C20H20FN5O2. The normalized spacial score (nSPS) is 14.8. The number of ether oxygens (including phenoxy) is 1. The number of rotatable bonds is 4. The molecule has 0 aliphatic carbocycles. The van der Waals surface area contributed by atoms with E-state index in [9.17, 15) is 9.18 Å². The minimum atomic E-state index is -0.313. The molecule has 0 spiro atoms. The van der Waals surface area contributed by atoms with Crippen molar-refractivity contribution in [1.29, 1.82) is 0 Å². The standard InChI is InChI=1S/C20H20FN5O2/c1-26-19(18(24-25-26)13-2-5-15(21)6-3-13)17-7-4-14(12-22-17)20(27)23-16-8-10-28-11-9-16/h2-7,12,16H,8-11H2,1H3,(H,23,27). The fourth-order valence-corrected chi connectivity index (χ4v) is 3.23. The number of hydrogen-bond acceptors (Lipinski definition) is 5. The summed E-state index contributed by atoms with van der Waals surface area (Å²) in [5.41, 5.74) is 3.17. The largest absolute Gasteiger partial charge is 0.381 e. The molecule has 28 heavy (non-hydrogen) atoms. The molecule has 8 heteroatoms. The minimum absolute atomic E-state index is 0.132. The SMILES string of the molecule is Cn1nnc(-c2ccc(F)cc2)c1-c1ccc(C(=O)NC2CCOCC2)cn1. The fourth-order valence-electron chi connectivity index (χ4n) is 3.23. The highest BCUT2D eigenvalue weighted by molar-refractivity contribution is 5.94. The number of carbonyl (C=O) groups is 1. The Morgan fingerprint density at radius 1 is 1.18 bits per heavy atom. The zero-order chi connectivity index (χ0) is 19.5. The lowest BCUT2D eigenvalue weighted by molar-refractivity contribution is 0.0696. The predicted molar refractivity (Wildman–Crippen MR) is 101 cm³/mol. The lowest BCUT2D eigenvalue weighted by atomic mass is 10.1. The molecule has 144 valence electrons. The van der Waals surface area contributed by atoms with E-state index in [-0.39, 0.29) is 17.8 Å². The number of halogens is 1. The third-order valence-electron chi connectivity index (χ3n) is 4.77. The van der Waals surface area contributed by atoms with E-state index in [1.54, 1.807) is 42.2 Å². The number of nitrogens with zero attached hydrogens (tertiary/aromatic N) is 4. The Kier molecular flexibility index (Phi) is 5.12. The summed E-state index contributed by atoms with van der Waals surface area (Å²) in [5, 5.41) is 11.3. The molecule has 4 rings (SSSR count). The number of pyridine rings is 1. The van der Waals surface area contributed by atoms with Crippen LogP contribution in [0.5, 0.6) is 0 Å². The molecule has 7 nitrogen and oxygen atoms in total. The maximum absolute atomic E-state index is 13.2. The number of carbonyl (C=O) groups excluding carboxylic acids is 1. The third-order valence-corrected chi connectivity index (χ3v) is 4.77. The Morgan fingerprint density at radius 3 is 2.61 bits per heavy atom. The average Bonchev–Trinajstić information content (AvgIpc) is 3.11. The van der Waals surface area contributed by atoms with Gasteiger partial charge in [-0.3, -0.25) is 9.78 Å². The summed E-state index contributed by atoms with van der Waals surface area (Å²) in [4.78, 5) is 16.9. The lowest BCUT2D eigenvalue weighted by Crippen LogP contribution is -2.38. The highest BCUT2D eigenvalue weighted by Gasteiger charge is 2.19. The van der Waals surface area contributed by atoms with Gasteiger partial charge in [0.05, 0.1) is 11.3 Å². The predicted octanol–water partition coefficient (Wildman–Crippen LogP) is 2.59. The Morgan fingerprint density at radius 2 is 1.93 bits per heavy atom. The summed E-state index contributed by atoms with van der Waals surface area (Å²) in [5.74, 6) is -0.458. The molecule has 1 aliphatic rings. The van der Waals surface area contributed by atoms with Gasteiger partial charge in [-0.05, 0) is 49.2 Å². The second-order valence-corrected chi connectivity index (χ2v) is 6.71. The van der Waals surface area contributed by atoms with Gasteiger partial charge < -0.3 is 10.1 Å². The van der Waals surface area contributed by atoms with Crippen LogP contribution in [0.4, 0.5) is 4.39 Å². The molecule has 1 aliphatic heterocycles. The van der Waals surface area contributed by atoms with Gasteiger partial charge in [-0.1, -0.05) is 5.21 Å². The average molecular weight is 381 g/mol.